The second-order valence-electron chi connectivity index (χ2n) is 15.5. The van der Waals surface area contributed by atoms with Gasteiger partial charge in [-0.05, 0) is 93.3 Å². The molecule has 0 radical (unpaired) electrons. The molecule has 0 aromatic carbocycles. The van der Waals surface area contributed by atoms with Crippen LogP contribution in [0.5, 0.6) is 0 Å². The van der Waals surface area contributed by atoms with E-state index < -0.39 is 0 Å². The van der Waals surface area contributed by atoms with Crippen molar-refractivity contribution in [3.63, 3.8) is 0 Å². The van der Waals surface area contributed by atoms with Gasteiger partial charge in [-0.2, -0.15) is 0 Å². The Morgan fingerprint density at radius 3 is 0.841 bits per heavy atom. The van der Waals surface area contributed by atoms with E-state index in [4.69, 9.17) is 0 Å². The van der Waals surface area contributed by atoms with E-state index in [9.17, 15) is 0 Å². The minimum absolute atomic E-state index is 0.366. The van der Waals surface area contributed by atoms with Gasteiger partial charge < -0.3 is 0 Å². The molecule has 0 unspecified atom stereocenters. The molecule has 0 atom stereocenters. The zero-order valence-electron chi connectivity index (χ0n) is 31.1. The van der Waals surface area contributed by atoms with Gasteiger partial charge in [-0.25, -0.2) is 0 Å². The molecule has 2 heteroatoms. The smallest absolute Gasteiger partial charge is 0.0204 e. The van der Waals surface area contributed by atoms with E-state index in [1.54, 1.807) is 95.5 Å². The molecule has 262 valence electrons. The molecule has 3 aliphatic carbocycles. The van der Waals surface area contributed by atoms with Crippen molar-refractivity contribution < 1.29 is 0 Å². The van der Waals surface area contributed by atoms with Gasteiger partial charge in [0.15, 0.2) is 0 Å². The molecule has 0 amide bonds. The van der Waals surface area contributed by atoms with E-state index in [1.165, 1.54) is 152 Å². The van der Waals surface area contributed by atoms with E-state index in [0.717, 1.165) is 0 Å². The number of hydrogen-bond acceptors (Lipinski definition) is 0. The first kappa shape index (κ1) is 41.0. The third-order valence-electron chi connectivity index (χ3n) is 11.5. The summed E-state index contributed by atoms with van der Waals surface area (Å²) in [4.78, 5) is 0. The number of hydrogen-bond donors (Lipinski definition) is 0. The molecule has 0 heterocycles. The van der Waals surface area contributed by atoms with Crippen molar-refractivity contribution in [1.29, 1.82) is 0 Å². The van der Waals surface area contributed by atoms with Crippen LogP contribution < -0.4 is 0 Å². The Labute approximate surface area is 283 Å². The van der Waals surface area contributed by atoms with Crippen LogP contribution in [0, 0.1) is 0 Å². The van der Waals surface area contributed by atoms with Crippen molar-refractivity contribution in [2.45, 2.75) is 250 Å². The van der Waals surface area contributed by atoms with E-state index in [0.29, 0.717) is 15.8 Å². The molecule has 3 saturated carbocycles. The number of unbranched alkanes of at least 4 members (excludes halogenated alkanes) is 15. The predicted octanol–water partition coefficient (Wildman–Crippen LogP) is 16.0. The molecule has 0 aliphatic heterocycles. The van der Waals surface area contributed by atoms with E-state index in [2.05, 4.69) is 20.8 Å². The highest BCUT2D eigenvalue weighted by molar-refractivity contribution is 7.60. The largest absolute Gasteiger partial charge is 0.107 e. The third-order valence-corrected chi connectivity index (χ3v) is 18.4. The topological polar surface area (TPSA) is 0 Å². The highest BCUT2D eigenvalue weighted by Gasteiger charge is 2.36. The Kier molecular flexibility index (Phi) is 27.9. The minimum Gasteiger partial charge on any atom is -0.107 e. The van der Waals surface area contributed by atoms with Gasteiger partial charge in [0.1, 0.15) is 0 Å². The first-order valence-corrected chi connectivity index (χ1v) is 24.7. The quantitative estimate of drug-likeness (QED) is 0.0720. The molecule has 0 saturated heterocycles. The highest BCUT2D eigenvalue weighted by atomic mass is 31.1. The van der Waals surface area contributed by atoms with Crippen molar-refractivity contribution in [2.24, 2.45) is 0 Å². The molecule has 0 bridgehead atoms. The van der Waals surface area contributed by atoms with Crippen LogP contribution in [0.3, 0.4) is 0 Å². The molecule has 0 nitrogen and oxygen atoms in total. The van der Waals surface area contributed by atoms with Crippen molar-refractivity contribution in [3.8, 4) is 0 Å². The van der Waals surface area contributed by atoms with E-state index in [1.807, 2.05) is 0 Å². The average Bonchev–Trinajstić information content (AvgIpc) is 3.07. The summed E-state index contributed by atoms with van der Waals surface area (Å²) in [5.41, 5.74) is 3.57. The van der Waals surface area contributed by atoms with Crippen molar-refractivity contribution in [3.05, 3.63) is 0 Å². The maximum atomic E-state index is 2.32. The molecule has 3 rings (SSSR count). The summed E-state index contributed by atoms with van der Waals surface area (Å²) < 4.78 is 0. The van der Waals surface area contributed by atoms with Crippen LogP contribution in [0.1, 0.15) is 233 Å². The fourth-order valence-corrected chi connectivity index (χ4v) is 16.1. The van der Waals surface area contributed by atoms with Gasteiger partial charge in [0.25, 0.3) is 0 Å². The Morgan fingerprint density at radius 1 is 0.318 bits per heavy atom. The van der Waals surface area contributed by atoms with Gasteiger partial charge in [-0.15, -0.1) is 7.92 Å². The summed E-state index contributed by atoms with van der Waals surface area (Å²) in [6.45, 7) is 6.96. The summed E-state index contributed by atoms with van der Waals surface area (Å²) in [7, 11) is 0.751. The Morgan fingerprint density at radius 2 is 0.568 bits per heavy atom. The maximum absolute atomic E-state index is 2.32. The lowest BCUT2D eigenvalue weighted by Crippen LogP contribution is -2.28. The van der Waals surface area contributed by atoms with Crippen molar-refractivity contribution >= 4 is 15.8 Å². The van der Waals surface area contributed by atoms with Gasteiger partial charge in [-0.3, -0.25) is 0 Å². The summed E-state index contributed by atoms with van der Waals surface area (Å²) in [5, 5.41) is 0. The Balaban J connectivity index is 0.000000315. The molecular weight excluding hydrogens is 566 g/mol. The van der Waals surface area contributed by atoms with Crippen LogP contribution in [0.25, 0.3) is 0 Å². The van der Waals surface area contributed by atoms with Crippen LogP contribution >= 0.6 is 15.8 Å². The van der Waals surface area contributed by atoms with Gasteiger partial charge in [0.05, 0.1) is 0 Å². The molecule has 0 N–H and O–H groups in total. The van der Waals surface area contributed by atoms with Crippen molar-refractivity contribution in [1.82, 2.24) is 0 Å². The van der Waals surface area contributed by atoms with Gasteiger partial charge >= 0.3 is 0 Å². The van der Waals surface area contributed by atoms with Crippen molar-refractivity contribution in [2.75, 3.05) is 18.5 Å². The lowest BCUT2D eigenvalue weighted by molar-refractivity contribution is 0.460. The fourth-order valence-electron chi connectivity index (χ4n) is 8.71. The molecular formula is C42H84P2. The zero-order valence-corrected chi connectivity index (χ0v) is 32.9. The second kappa shape index (κ2) is 30.0. The first-order valence-electron chi connectivity index (χ1n) is 21.3. The summed E-state index contributed by atoms with van der Waals surface area (Å²) >= 11 is 0. The SMILES string of the molecule is C1CCC(P(C2CCCCC2)C2CCCCC2)CC1.CCCCCCCCP(CCCCCCCC)CCCCCCCC. The standard InChI is InChI=1S/C24H51P.C18H33P/c1-4-7-10-13-16-19-22-25(23-20-17-14-11-8-5-2)24-21-18-15-12-9-6-3;1-4-10-16(11-5-1)19(17-12-6-2-7-13-17)18-14-8-3-9-15-18/h4-24H2,1-3H3;16-18H,1-15H2. The Hall–Kier alpha value is 0.860. The molecule has 0 spiro atoms. The van der Waals surface area contributed by atoms with Crippen LogP contribution in [-0.4, -0.2) is 35.5 Å². The van der Waals surface area contributed by atoms with Gasteiger partial charge in [0.2, 0.25) is 0 Å². The minimum atomic E-state index is 0.366. The van der Waals surface area contributed by atoms with Crippen LogP contribution in [-0.2, 0) is 0 Å². The number of rotatable bonds is 24. The van der Waals surface area contributed by atoms with Gasteiger partial charge in [0, 0.05) is 0 Å². The first-order chi connectivity index (χ1) is 21.8. The summed E-state index contributed by atoms with van der Waals surface area (Å²) in [6, 6.07) is 0. The maximum Gasteiger partial charge on any atom is -0.0204 e. The molecule has 0 aromatic rings. The predicted molar refractivity (Wildman–Crippen MR) is 209 cm³/mol. The lowest BCUT2D eigenvalue weighted by atomic mass is 9.99. The Bertz CT molecular complexity index is 491. The monoisotopic (exact) mass is 651 g/mol. The zero-order chi connectivity index (χ0) is 31.3. The second-order valence-corrected chi connectivity index (χ2v) is 21.2. The fraction of sp³-hybridized carbons (Fsp3) is 1.00. The van der Waals surface area contributed by atoms with E-state index >= 15 is 0 Å². The molecule has 3 aliphatic rings. The molecule has 0 aromatic heterocycles. The summed E-state index contributed by atoms with van der Waals surface area (Å²) in [5.74, 6) is 0. The van der Waals surface area contributed by atoms with Crippen LogP contribution in [0.4, 0.5) is 0 Å². The average molecular weight is 651 g/mol. The molecule has 44 heavy (non-hydrogen) atoms. The molecule has 3 fully saturated rings. The van der Waals surface area contributed by atoms with Crippen LogP contribution in [0.15, 0.2) is 0 Å². The van der Waals surface area contributed by atoms with Crippen LogP contribution in [0.2, 0.25) is 0 Å². The van der Waals surface area contributed by atoms with Gasteiger partial charge in [-0.1, -0.05) is 183 Å². The summed E-state index contributed by atoms with van der Waals surface area (Å²) in [6.07, 6.45) is 54.9. The lowest BCUT2D eigenvalue weighted by Gasteiger charge is -2.44. The normalized spacial score (nSPS) is 19.0. The highest BCUT2D eigenvalue weighted by Crippen LogP contribution is 2.61. The van der Waals surface area contributed by atoms with E-state index in [-0.39, 0.29) is 0 Å². The third kappa shape index (κ3) is 20.3.